The van der Waals surface area contributed by atoms with Crippen molar-refractivity contribution in [2.24, 2.45) is 0 Å². The average molecular weight is 367 g/mol. The second-order valence-electron chi connectivity index (χ2n) is 6.32. The number of carbonyl (C=O) groups is 1. The maximum atomic E-state index is 12.4. The summed E-state index contributed by atoms with van der Waals surface area (Å²) >= 11 is 0. The van der Waals surface area contributed by atoms with Gasteiger partial charge in [0.1, 0.15) is 23.4 Å². The van der Waals surface area contributed by atoms with E-state index in [0.717, 1.165) is 29.0 Å². The topological polar surface area (TPSA) is 56.8 Å². The summed E-state index contributed by atoms with van der Waals surface area (Å²) in [7, 11) is 0. The van der Waals surface area contributed by atoms with Crippen molar-refractivity contribution < 1.29 is 19.0 Å². The molecule has 27 heavy (non-hydrogen) atoms. The lowest BCUT2D eigenvalue weighted by atomic mass is 10.1. The molecule has 5 nitrogen and oxygen atoms in total. The van der Waals surface area contributed by atoms with Crippen LogP contribution in [0.5, 0.6) is 17.2 Å². The molecule has 0 saturated heterocycles. The molecular formula is C22H25NO4. The number of fused-ring (bicyclic) bond motifs is 1. The molecule has 0 aromatic heterocycles. The van der Waals surface area contributed by atoms with Crippen molar-refractivity contribution in [2.45, 2.75) is 33.3 Å². The molecule has 1 aliphatic heterocycles. The Hall–Kier alpha value is -2.95. The molecule has 3 rings (SSSR count). The van der Waals surface area contributed by atoms with Crippen LogP contribution in [0.1, 0.15) is 31.9 Å². The van der Waals surface area contributed by atoms with Gasteiger partial charge in [-0.3, -0.25) is 4.79 Å². The molecule has 1 atom stereocenters. The van der Waals surface area contributed by atoms with E-state index in [0.29, 0.717) is 24.7 Å². The number of hydrogen-bond acceptors (Lipinski definition) is 4. The summed E-state index contributed by atoms with van der Waals surface area (Å²) in [6.45, 7) is 6.98. The van der Waals surface area contributed by atoms with Gasteiger partial charge in [0.05, 0.1) is 18.9 Å². The molecule has 0 bridgehead atoms. The Bertz CT molecular complexity index is 844. The molecule has 0 radical (unpaired) electrons. The minimum atomic E-state index is -0.237. The lowest BCUT2D eigenvalue weighted by molar-refractivity contribution is -0.111. The van der Waals surface area contributed by atoms with Crippen LogP contribution in [0.3, 0.4) is 0 Å². The summed E-state index contributed by atoms with van der Waals surface area (Å²) in [5.74, 6) is 2.02. The third-order valence-electron chi connectivity index (χ3n) is 4.19. The van der Waals surface area contributed by atoms with Crippen LogP contribution in [0, 0.1) is 0 Å². The first-order chi connectivity index (χ1) is 13.1. The maximum Gasteiger partial charge on any atom is 0.248 e. The SMILES string of the molecule is CCOc1cc2c(cc1/C=C/C(=O)Nc1ccccc1OCC)OC(C)C2. The quantitative estimate of drug-likeness (QED) is 0.734. The van der Waals surface area contributed by atoms with Crippen molar-refractivity contribution in [3.8, 4) is 17.2 Å². The number of para-hydroxylation sites is 2. The molecule has 142 valence electrons. The van der Waals surface area contributed by atoms with Gasteiger partial charge in [-0.1, -0.05) is 12.1 Å². The van der Waals surface area contributed by atoms with Crippen molar-refractivity contribution in [3.05, 3.63) is 53.6 Å². The predicted molar refractivity (Wildman–Crippen MR) is 107 cm³/mol. The highest BCUT2D eigenvalue weighted by molar-refractivity contribution is 6.03. The first kappa shape index (κ1) is 18.8. The Kier molecular flexibility index (Phi) is 6.01. The third-order valence-corrected chi connectivity index (χ3v) is 4.19. The van der Waals surface area contributed by atoms with Gasteiger partial charge in [0.15, 0.2) is 0 Å². The van der Waals surface area contributed by atoms with Crippen LogP contribution >= 0.6 is 0 Å². The number of hydrogen-bond donors (Lipinski definition) is 1. The highest BCUT2D eigenvalue weighted by Gasteiger charge is 2.21. The molecule has 1 unspecified atom stereocenters. The minimum Gasteiger partial charge on any atom is -0.493 e. The van der Waals surface area contributed by atoms with E-state index >= 15 is 0 Å². The van der Waals surface area contributed by atoms with Crippen molar-refractivity contribution in [3.63, 3.8) is 0 Å². The Morgan fingerprint density at radius 2 is 1.93 bits per heavy atom. The predicted octanol–water partition coefficient (Wildman–Crippen LogP) is 4.46. The second kappa shape index (κ2) is 8.62. The van der Waals surface area contributed by atoms with Crippen LogP contribution in [0.15, 0.2) is 42.5 Å². The average Bonchev–Trinajstić information content (AvgIpc) is 3.01. The lowest BCUT2D eigenvalue weighted by Crippen LogP contribution is -2.09. The van der Waals surface area contributed by atoms with E-state index in [9.17, 15) is 4.79 Å². The number of anilines is 1. The molecule has 0 spiro atoms. The summed E-state index contributed by atoms with van der Waals surface area (Å²) in [5.41, 5.74) is 2.60. The largest absolute Gasteiger partial charge is 0.493 e. The van der Waals surface area contributed by atoms with Gasteiger partial charge in [0.25, 0.3) is 0 Å². The number of rotatable bonds is 7. The van der Waals surface area contributed by atoms with Crippen molar-refractivity contribution in [1.29, 1.82) is 0 Å². The molecule has 2 aromatic rings. The molecule has 0 aliphatic carbocycles. The van der Waals surface area contributed by atoms with Crippen LogP contribution in [-0.2, 0) is 11.2 Å². The summed E-state index contributed by atoms with van der Waals surface area (Å²) < 4.78 is 17.1. The molecule has 1 aliphatic rings. The van der Waals surface area contributed by atoms with Crippen molar-refractivity contribution >= 4 is 17.7 Å². The van der Waals surface area contributed by atoms with Gasteiger partial charge in [0, 0.05) is 23.6 Å². The van der Waals surface area contributed by atoms with Crippen LogP contribution in [-0.4, -0.2) is 25.2 Å². The molecule has 0 saturated carbocycles. The third kappa shape index (κ3) is 4.61. The van der Waals surface area contributed by atoms with Crippen molar-refractivity contribution in [2.75, 3.05) is 18.5 Å². The highest BCUT2D eigenvalue weighted by Crippen LogP contribution is 2.35. The van der Waals surface area contributed by atoms with Gasteiger partial charge in [0.2, 0.25) is 5.91 Å². The highest BCUT2D eigenvalue weighted by atomic mass is 16.5. The molecule has 1 heterocycles. The summed E-state index contributed by atoms with van der Waals surface area (Å²) in [6, 6.07) is 11.3. The lowest BCUT2D eigenvalue weighted by Gasteiger charge is -2.11. The van der Waals surface area contributed by atoms with Gasteiger partial charge in [-0.05, 0) is 51.1 Å². The number of benzene rings is 2. The molecular weight excluding hydrogens is 342 g/mol. The monoisotopic (exact) mass is 367 g/mol. The van der Waals surface area contributed by atoms with Gasteiger partial charge in [-0.15, -0.1) is 0 Å². The zero-order valence-corrected chi connectivity index (χ0v) is 16.0. The summed E-state index contributed by atoms with van der Waals surface area (Å²) in [6.07, 6.45) is 4.27. The van der Waals surface area contributed by atoms with Gasteiger partial charge in [-0.25, -0.2) is 0 Å². The summed E-state index contributed by atoms with van der Waals surface area (Å²) in [4.78, 5) is 12.4. The number of nitrogens with one attached hydrogen (secondary N) is 1. The molecule has 0 fully saturated rings. The number of ether oxygens (including phenoxy) is 3. The van der Waals surface area contributed by atoms with E-state index in [1.807, 2.05) is 57.2 Å². The number of amides is 1. The van der Waals surface area contributed by atoms with E-state index in [4.69, 9.17) is 14.2 Å². The number of carbonyl (C=O) groups excluding carboxylic acids is 1. The van der Waals surface area contributed by atoms with Gasteiger partial charge in [-0.2, -0.15) is 0 Å². The zero-order chi connectivity index (χ0) is 19.2. The minimum absolute atomic E-state index is 0.159. The fourth-order valence-electron chi connectivity index (χ4n) is 3.06. The van der Waals surface area contributed by atoms with E-state index in [1.54, 1.807) is 6.08 Å². The normalized spacial score (nSPS) is 15.3. The van der Waals surface area contributed by atoms with E-state index < -0.39 is 0 Å². The zero-order valence-electron chi connectivity index (χ0n) is 16.0. The molecule has 1 N–H and O–H groups in total. The first-order valence-corrected chi connectivity index (χ1v) is 9.28. The van der Waals surface area contributed by atoms with E-state index in [1.165, 1.54) is 6.08 Å². The second-order valence-corrected chi connectivity index (χ2v) is 6.32. The van der Waals surface area contributed by atoms with Gasteiger partial charge >= 0.3 is 0 Å². The van der Waals surface area contributed by atoms with Crippen LogP contribution in [0.2, 0.25) is 0 Å². The first-order valence-electron chi connectivity index (χ1n) is 9.28. The Labute approximate surface area is 159 Å². The van der Waals surface area contributed by atoms with Crippen LogP contribution < -0.4 is 19.5 Å². The van der Waals surface area contributed by atoms with Crippen LogP contribution in [0.25, 0.3) is 6.08 Å². The van der Waals surface area contributed by atoms with E-state index in [2.05, 4.69) is 5.32 Å². The molecule has 5 heteroatoms. The smallest absolute Gasteiger partial charge is 0.248 e. The van der Waals surface area contributed by atoms with Crippen molar-refractivity contribution in [1.82, 2.24) is 0 Å². The molecule has 2 aromatic carbocycles. The van der Waals surface area contributed by atoms with E-state index in [-0.39, 0.29) is 12.0 Å². The van der Waals surface area contributed by atoms with Crippen LogP contribution in [0.4, 0.5) is 5.69 Å². The maximum absolute atomic E-state index is 12.4. The Balaban J connectivity index is 1.77. The van der Waals surface area contributed by atoms with Gasteiger partial charge < -0.3 is 19.5 Å². The summed E-state index contributed by atoms with van der Waals surface area (Å²) in [5, 5.41) is 2.85. The standard InChI is InChI=1S/C22H25NO4/c1-4-25-19-9-7-6-8-18(19)23-22(24)11-10-16-13-21-17(12-15(3)27-21)14-20(16)26-5-2/h6-11,13-15H,4-5,12H2,1-3H3,(H,23,24)/b11-10+. The Morgan fingerprint density at radius 3 is 2.70 bits per heavy atom. The molecule has 1 amide bonds. The Morgan fingerprint density at radius 1 is 1.19 bits per heavy atom. The fraction of sp³-hybridized carbons (Fsp3) is 0.318. The fourth-order valence-corrected chi connectivity index (χ4v) is 3.06.